The van der Waals surface area contributed by atoms with E-state index in [-0.39, 0.29) is 18.5 Å². The smallest absolute Gasteiger partial charge is 0.322 e. The second-order valence-corrected chi connectivity index (χ2v) is 6.59. The molecule has 0 saturated carbocycles. The van der Waals surface area contributed by atoms with Crippen LogP contribution in [0.4, 0.5) is 10.5 Å². The van der Waals surface area contributed by atoms with E-state index in [1.807, 2.05) is 19.1 Å². The van der Waals surface area contributed by atoms with Gasteiger partial charge in [-0.2, -0.15) is 0 Å². The van der Waals surface area contributed by atoms with Gasteiger partial charge in [-0.3, -0.25) is 9.78 Å². The SMILES string of the molecule is Cc1cc(CNC(=O)c2ccc(NC(=O)N3Cc4cccnc4C3)cc2)on1. The van der Waals surface area contributed by atoms with E-state index in [9.17, 15) is 9.59 Å². The molecule has 3 amide bonds. The predicted octanol–water partition coefficient (Wildman–Crippen LogP) is 2.86. The van der Waals surface area contributed by atoms with Crippen LogP contribution in [0.3, 0.4) is 0 Å². The van der Waals surface area contributed by atoms with Crippen molar-refractivity contribution in [2.75, 3.05) is 5.32 Å². The van der Waals surface area contributed by atoms with Gasteiger partial charge in [0.15, 0.2) is 5.76 Å². The number of anilines is 1. The third-order valence-corrected chi connectivity index (χ3v) is 4.47. The van der Waals surface area contributed by atoms with Crippen molar-refractivity contribution in [3.63, 3.8) is 0 Å². The molecule has 28 heavy (non-hydrogen) atoms. The second-order valence-electron chi connectivity index (χ2n) is 6.59. The lowest BCUT2D eigenvalue weighted by atomic mass is 10.2. The monoisotopic (exact) mass is 377 g/mol. The highest BCUT2D eigenvalue weighted by Gasteiger charge is 2.24. The van der Waals surface area contributed by atoms with Crippen molar-refractivity contribution in [1.82, 2.24) is 20.4 Å². The van der Waals surface area contributed by atoms with Crippen LogP contribution in [0.1, 0.15) is 33.1 Å². The van der Waals surface area contributed by atoms with Gasteiger partial charge in [-0.25, -0.2) is 4.79 Å². The lowest BCUT2D eigenvalue weighted by Gasteiger charge is -2.16. The minimum Gasteiger partial charge on any atom is -0.359 e. The minimum absolute atomic E-state index is 0.198. The molecule has 1 aliphatic rings. The number of fused-ring (bicyclic) bond motifs is 1. The molecule has 142 valence electrons. The summed E-state index contributed by atoms with van der Waals surface area (Å²) in [5, 5.41) is 9.40. The summed E-state index contributed by atoms with van der Waals surface area (Å²) in [4.78, 5) is 30.7. The largest absolute Gasteiger partial charge is 0.359 e. The lowest BCUT2D eigenvalue weighted by Crippen LogP contribution is -2.30. The number of amides is 3. The van der Waals surface area contributed by atoms with E-state index in [1.54, 1.807) is 41.4 Å². The van der Waals surface area contributed by atoms with Crippen molar-refractivity contribution in [2.45, 2.75) is 26.6 Å². The Morgan fingerprint density at radius 1 is 1.18 bits per heavy atom. The summed E-state index contributed by atoms with van der Waals surface area (Å²) in [7, 11) is 0. The summed E-state index contributed by atoms with van der Waals surface area (Å²) in [6.45, 7) is 3.11. The first-order valence-corrected chi connectivity index (χ1v) is 8.87. The van der Waals surface area contributed by atoms with E-state index < -0.39 is 0 Å². The Morgan fingerprint density at radius 2 is 2.00 bits per heavy atom. The average molecular weight is 377 g/mol. The van der Waals surface area contributed by atoms with Gasteiger partial charge in [0.25, 0.3) is 5.91 Å². The number of aromatic nitrogens is 2. The molecule has 2 N–H and O–H groups in total. The van der Waals surface area contributed by atoms with Crippen LogP contribution in [-0.4, -0.2) is 27.0 Å². The molecule has 0 bridgehead atoms. The molecule has 0 unspecified atom stereocenters. The highest BCUT2D eigenvalue weighted by molar-refractivity contribution is 5.95. The highest BCUT2D eigenvalue weighted by atomic mass is 16.5. The van der Waals surface area contributed by atoms with Crippen molar-refractivity contribution in [2.24, 2.45) is 0 Å². The van der Waals surface area contributed by atoms with Crippen LogP contribution >= 0.6 is 0 Å². The van der Waals surface area contributed by atoms with Gasteiger partial charge in [0.1, 0.15) is 0 Å². The van der Waals surface area contributed by atoms with Crippen LogP contribution in [-0.2, 0) is 19.6 Å². The van der Waals surface area contributed by atoms with Crippen molar-refractivity contribution in [3.8, 4) is 0 Å². The summed E-state index contributed by atoms with van der Waals surface area (Å²) < 4.78 is 5.06. The number of nitrogens with one attached hydrogen (secondary N) is 2. The number of carbonyl (C=O) groups excluding carboxylic acids is 2. The number of aryl methyl sites for hydroxylation is 1. The fraction of sp³-hybridized carbons (Fsp3) is 0.200. The first-order chi connectivity index (χ1) is 13.6. The molecule has 1 aromatic carbocycles. The summed E-state index contributed by atoms with van der Waals surface area (Å²) >= 11 is 0. The van der Waals surface area contributed by atoms with Gasteiger partial charge >= 0.3 is 6.03 Å². The van der Waals surface area contributed by atoms with Gasteiger partial charge in [-0.1, -0.05) is 11.2 Å². The predicted molar refractivity (Wildman–Crippen MR) is 101 cm³/mol. The first kappa shape index (κ1) is 17.7. The van der Waals surface area contributed by atoms with E-state index in [2.05, 4.69) is 20.8 Å². The molecule has 0 aliphatic carbocycles. The Bertz CT molecular complexity index is 988. The van der Waals surface area contributed by atoms with Gasteiger partial charge in [-0.15, -0.1) is 0 Å². The molecular weight excluding hydrogens is 358 g/mol. The quantitative estimate of drug-likeness (QED) is 0.728. The zero-order chi connectivity index (χ0) is 19.5. The van der Waals surface area contributed by atoms with E-state index in [4.69, 9.17) is 4.52 Å². The maximum Gasteiger partial charge on any atom is 0.322 e. The molecule has 0 radical (unpaired) electrons. The molecule has 0 spiro atoms. The number of pyridine rings is 1. The van der Waals surface area contributed by atoms with Gasteiger partial charge in [-0.05, 0) is 42.8 Å². The molecular formula is C20H19N5O3. The molecule has 8 heteroatoms. The molecule has 2 aromatic heterocycles. The van der Waals surface area contributed by atoms with Gasteiger partial charge in [0, 0.05) is 30.1 Å². The molecule has 0 fully saturated rings. The van der Waals surface area contributed by atoms with Crippen LogP contribution in [0.2, 0.25) is 0 Å². The number of nitrogens with zero attached hydrogens (tertiary/aromatic N) is 3. The van der Waals surface area contributed by atoms with Crippen LogP contribution in [0.25, 0.3) is 0 Å². The minimum atomic E-state index is -0.229. The van der Waals surface area contributed by atoms with Crippen LogP contribution < -0.4 is 10.6 Å². The summed E-state index contributed by atoms with van der Waals surface area (Å²) in [5.74, 6) is 0.365. The number of carbonyl (C=O) groups is 2. The van der Waals surface area contributed by atoms with E-state index in [0.717, 1.165) is 17.0 Å². The van der Waals surface area contributed by atoms with Crippen molar-refractivity contribution in [3.05, 3.63) is 76.9 Å². The average Bonchev–Trinajstić information content (AvgIpc) is 3.32. The Hall–Kier alpha value is -3.68. The van der Waals surface area contributed by atoms with Crippen molar-refractivity contribution in [1.29, 1.82) is 0 Å². The highest BCUT2D eigenvalue weighted by Crippen LogP contribution is 2.21. The number of hydrogen-bond donors (Lipinski definition) is 2. The lowest BCUT2D eigenvalue weighted by molar-refractivity contribution is 0.0947. The number of hydrogen-bond acceptors (Lipinski definition) is 5. The molecule has 3 aromatic rings. The Kier molecular flexibility index (Phi) is 4.76. The number of rotatable bonds is 4. The fourth-order valence-corrected chi connectivity index (χ4v) is 3.02. The second kappa shape index (κ2) is 7.51. The Morgan fingerprint density at radius 3 is 2.71 bits per heavy atom. The Balaban J connectivity index is 1.32. The zero-order valence-electron chi connectivity index (χ0n) is 15.3. The summed E-state index contributed by atoms with van der Waals surface area (Å²) in [5.41, 5.74) is 3.86. The van der Waals surface area contributed by atoms with Gasteiger partial charge in [0.05, 0.1) is 24.5 Å². The first-order valence-electron chi connectivity index (χ1n) is 8.87. The van der Waals surface area contributed by atoms with E-state index in [1.165, 1.54) is 0 Å². The third kappa shape index (κ3) is 3.85. The maximum atomic E-state index is 12.5. The van der Waals surface area contributed by atoms with Gasteiger partial charge in [0.2, 0.25) is 0 Å². The number of benzene rings is 1. The topological polar surface area (TPSA) is 100 Å². The van der Waals surface area contributed by atoms with E-state index >= 15 is 0 Å². The summed E-state index contributed by atoms with van der Waals surface area (Å²) in [6.07, 6.45) is 1.73. The number of urea groups is 1. The molecule has 8 nitrogen and oxygen atoms in total. The maximum absolute atomic E-state index is 12.5. The molecule has 3 heterocycles. The molecule has 0 saturated heterocycles. The third-order valence-electron chi connectivity index (χ3n) is 4.47. The zero-order valence-corrected chi connectivity index (χ0v) is 15.3. The molecule has 0 atom stereocenters. The van der Waals surface area contributed by atoms with Crippen LogP contribution in [0, 0.1) is 6.92 Å². The van der Waals surface area contributed by atoms with Gasteiger partial charge < -0.3 is 20.1 Å². The van der Waals surface area contributed by atoms with Crippen LogP contribution in [0.5, 0.6) is 0 Å². The fourth-order valence-electron chi connectivity index (χ4n) is 3.02. The molecule has 1 aliphatic heterocycles. The van der Waals surface area contributed by atoms with E-state index in [0.29, 0.717) is 30.1 Å². The molecule has 4 rings (SSSR count). The van der Waals surface area contributed by atoms with Crippen LogP contribution in [0.15, 0.2) is 53.2 Å². The van der Waals surface area contributed by atoms with Crippen molar-refractivity contribution < 1.29 is 14.1 Å². The standard InChI is InChI=1S/C20H19N5O3/c1-13-9-17(28-24-13)10-22-19(26)14-4-6-16(7-5-14)23-20(27)25-11-15-3-2-8-21-18(15)12-25/h2-9H,10-12H2,1H3,(H,22,26)(H,23,27). The Labute approximate surface area is 161 Å². The normalized spacial score (nSPS) is 12.5. The van der Waals surface area contributed by atoms with Crippen molar-refractivity contribution >= 4 is 17.6 Å². The summed E-state index contributed by atoms with van der Waals surface area (Å²) in [6, 6.07) is 12.1.